The molecule has 2 heterocycles. The first-order valence-electron chi connectivity index (χ1n) is 6.17. The van der Waals surface area contributed by atoms with E-state index in [2.05, 4.69) is 15.5 Å². The molecule has 1 amide bonds. The van der Waals surface area contributed by atoms with Gasteiger partial charge in [0.15, 0.2) is 0 Å². The van der Waals surface area contributed by atoms with Gasteiger partial charge in [0.1, 0.15) is 0 Å². The van der Waals surface area contributed by atoms with Gasteiger partial charge < -0.3 is 20.4 Å². The van der Waals surface area contributed by atoms with E-state index in [1.807, 2.05) is 4.90 Å². The molecule has 1 fully saturated rings. The van der Waals surface area contributed by atoms with Crippen LogP contribution in [-0.4, -0.2) is 36.2 Å². The van der Waals surface area contributed by atoms with Gasteiger partial charge in [0.25, 0.3) is 0 Å². The molecule has 1 atom stereocenters. The summed E-state index contributed by atoms with van der Waals surface area (Å²) in [6, 6.07) is 0.243. The summed E-state index contributed by atoms with van der Waals surface area (Å²) in [5, 5.41) is 10.6. The summed E-state index contributed by atoms with van der Waals surface area (Å²) < 4.78 is 5.48. The second-order valence-corrected chi connectivity index (χ2v) is 4.59. The monoisotopic (exact) mass is 253 g/mol. The predicted octanol–water partition coefficient (Wildman–Crippen LogP) is 0.0517. The second kappa shape index (κ2) is 5.34. The second-order valence-electron chi connectivity index (χ2n) is 4.59. The lowest BCUT2D eigenvalue weighted by Gasteiger charge is -2.29. The standard InChI is InChI=1S/C11H19N5O2/c1-7(12)10-14-15-11(18-10)16-5-3-8(4-6-16)9(17)13-2/h7-8H,3-6,12H2,1-2H3,(H,13,17). The maximum Gasteiger partial charge on any atom is 0.318 e. The summed E-state index contributed by atoms with van der Waals surface area (Å²) in [6.45, 7) is 3.30. The van der Waals surface area contributed by atoms with Crippen molar-refractivity contribution >= 4 is 11.9 Å². The van der Waals surface area contributed by atoms with E-state index in [4.69, 9.17) is 10.2 Å². The quantitative estimate of drug-likeness (QED) is 0.790. The van der Waals surface area contributed by atoms with Crippen LogP contribution in [0.3, 0.4) is 0 Å². The lowest BCUT2D eigenvalue weighted by atomic mass is 9.96. The van der Waals surface area contributed by atoms with Crippen LogP contribution in [0, 0.1) is 5.92 Å². The zero-order valence-corrected chi connectivity index (χ0v) is 10.7. The number of nitrogens with zero attached hydrogens (tertiary/aromatic N) is 3. The third-order valence-corrected chi connectivity index (χ3v) is 3.20. The van der Waals surface area contributed by atoms with E-state index in [1.165, 1.54) is 0 Å². The average Bonchev–Trinajstić information content (AvgIpc) is 2.88. The van der Waals surface area contributed by atoms with Crippen molar-refractivity contribution < 1.29 is 9.21 Å². The van der Waals surface area contributed by atoms with Crippen LogP contribution in [0.4, 0.5) is 6.01 Å². The molecule has 100 valence electrons. The third-order valence-electron chi connectivity index (χ3n) is 3.20. The van der Waals surface area contributed by atoms with E-state index in [0.717, 1.165) is 25.9 Å². The highest BCUT2D eigenvalue weighted by molar-refractivity contribution is 5.78. The third kappa shape index (κ3) is 2.61. The zero-order valence-electron chi connectivity index (χ0n) is 10.7. The maximum atomic E-state index is 11.5. The fourth-order valence-corrected chi connectivity index (χ4v) is 2.08. The molecule has 1 aromatic heterocycles. The van der Waals surface area contributed by atoms with Gasteiger partial charge in [-0.15, -0.1) is 5.10 Å². The molecule has 0 aromatic carbocycles. The first kappa shape index (κ1) is 12.8. The molecule has 1 aliphatic heterocycles. The molecule has 1 aliphatic rings. The molecule has 0 radical (unpaired) electrons. The molecule has 3 N–H and O–H groups in total. The summed E-state index contributed by atoms with van der Waals surface area (Å²) >= 11 is 0. The minimum absolute atomic E-state index is 0.0853. The minimum atomic E-state index is -0.255. The summed E-state index contributed by atoms with van der Waals surface area (Å²) in [6.07, 6.45) is 1.60. The van der Waals surface area contributed by atoms with Gasteiger partial charge in [0.2, 0.25) is 11.8 Å². The zero-order chi connectivity index (χ0) is 13.1. The van der Waals surface area contributed by atoms with Crippen molar-refractivity contribution in [1.82, 2.24) is 15.5 Å². The molecule has 18 heavy (non-hydrogen) atoms. The number of carbonyl (C=O) groups excluding carboxylic acids is 1. The average molecular weight is 253 g/mol. The lowest BCUT2D eigenvalue weighted by molar-refractivity contribution is -0.125. The molecule has 2 rings (SSSR count). The number of aromatic nitrogens is 2. The van der Waals surface area contributed by atoms with E-state index in [1.54, 1.807) is 14.0 Å². The van der Waals surface area contributed by atoms with Crippen LogP contribution in [0.5, 0.6) is 0 Å². The van der Waals surface area contributed by atoms with Crippen molar-refractivity contribution in [2.45, 2.75) is 25.8 Å². The number of nitrogens with two attached hydrogens (primary N) is 1. The molecule has 0 aliphatic carbocycles. The topological polar surface area (TPSA) is 97.3 Å². The number of piperidine rings is 1. The van der Waals surface area contributed by atoms with Crippen molar-refractivity contribution in [2.75, 3.05) is 25.0 Å². The lowest BCUT2D eigenvalue weighted by Crippen LogP contribution is -2.39. The number of hydrogen-bond acceptors (Lipinski definition) is 6. The van der Waals surface area contributed by atoms with Crippen LogP contribution in [0.15, 0.2) is 4.42 Å². The molecule has 0 bridgehead atoms. The Kier molecular flexibility index (Phi) is 3.81. The Labute approximate surface area is 106 Å². The summed E-state index contributed by atoms with van der Waals surface area (Å²) in [5.74, 6) is 0.636. The van der Waals surface area contributed by atoms with Crippen LogP contribution >= 0.6 is 0 Å². The van der Waals surface area contributed by atoms with Gasteiger partial charge in [-0.2, -0.15) is 0 Å². The Morgan fingerprint density at radius 1 is 1.50 bits per heavy atom. The number of carbonyl (C=O) groups is 1. The van der Waals surface area contributed by atoms with Crippen molar-refractivity contribution in [3.8, 4) is 0 Å². The van der Waals surface area contributed by atoms with Crippen LogP contribution in [0.1, 0.15) is 31.7 Å². The minimum Gasteiger partial charge on any atom is -0.406 e. The molecule has 0 spiro atoms. The number of hydrogen-bond donors (Lipinski definition) is 2. The normalized spacial score (nSPS) is 18.7. The van der Waals surface area contributed by atoms with Crippen LogP contribution in [-0.2, 0) is 4.79 Å². The summed E-state index contributed by atoms with van der Waals surface area (Å²) in [4.78, 5) is 13.5. The van der Waals surface area contributed by atoms with Crippen LogP contribution in [0.2, 0.25) is 0 Å². The van der Waals surface area contributed by atoms with Crippen molar-refractivity contribution in [1.29, 1.82) is 0 Å². The van der Waals surface area contributed by atoms with E-state index in [-0.39, 0.29) is 17.9 Å². The largest absolute Gasteiger partial charge is 0.406 e. The Hall–Kier alpha value is -1.63. The highest BCUT2D eigenvalue weighted by Gasteiger charge is 2.26. The number of amides is 1. The highest BCUT2D eigenvalue weighted by Crippen LogP contribution is 2.23. The number of anilines is 1. The molecule has 1 unspecified atom stereocenters. The van der Waals surface area contributed by atoms with Gasteiger partial charge in [-0.25, -0.2) is 0 Å². The van der Waals surface area contributed by atoms with Crippen molar-refractivity contribution in [3.63, 3.8) is 0 Å². The molecule has 1 aromatic rings. The van der Waals surface area contributed by atoms with E-state index < -0.39 is 0 Å². The first-order chi connectivity index (χ1) is 8.61. The fraction of sp³-hybridized carbons (Fsp3) is 0.727. The predicted molar refractivity (Wildman–Crippen MR) is 65.9 cm³/mol. The van der Waals surface area contributed by atoms with E-state index >= 15 is 0 Å². The molecular weight excluding hydrogens is 234 g/mol. The first-order valence-corrected chi connectivity index (χ1v) is 6.17. The van der Waals surface area contributed by atoms with Gasteiger partial charge in [-0.3, -0.25) is 4.79 Å². The number of rotatable bonds is 3. The number of nitrogens with one attached hydrogen (secondary N) is 1. The molecule has 7 heteroatoms. The summed E-state index contributed by atoms with van der Waals surface area (Å²) in [7, 11) is 1.67. The van der Waals surface area contributed by atoms with Crippen molar-refractivity contribution in [2.24, 2.45) is 11.7 Å². The van der Waals surface area contributed by atoms with E-state index in [9.17, 15) is 4.79 Å². The Bertz CT molecular complexity index is 409. The highest BCUT2D eigenvalue weighted by atomic mass is 16.4. The Morgan fingerprint density at radius 3 is 2.67 bits per heavy atom. The van der Waals surface area contributed by atoms with Gasteiger partial charge in [-0.1, -0.05) is 5.10 Å². The molecule has 1 saturated heterocycles. The van der Waals surface area contributed by atoms with Crippen LogP contribution in [0.25, 0.3) is 0 Å². The summed E-state index contributed by atoms with van der Waals surface area (Å²) in [5.41, 5.74) is 5.67. The molecule has 7 nitrogen and oxygen atoms in total. The Balaban J connectivity index is 1.94. The molecular formula is C11H19N5O2. The van der Waals surface area contributed by atoms with E-state index in [0.29, 0.717) is 11.9 Å². The van der Waals surface area contributed by atoms with Gasteiger partial charge in [-0.05, 0) is 19.8 Å². The Morgan fingerprint density at radius 2 is 2.17 bits per heavy atom. The van der Waals surface area contributed by atoms with Gasteiger partial charge in [0, 0.05) is 26.1 Å². The smallest absolute Gasteiger partial charge is 0.318 e. The molecule has 0 saturated carbocycles. The van der Waals surface area contributed by atoms with Gasteiger partial charge >= 0.3 is 6.01 Å². The van der Waals surface area contributed by atoms with Gasteiger partial charge in [0.05, 0.1) is 6.04 Å². The fourth-order valence-electron chi connectivity index (χ4n) is 2.08. The SMILES string of the molecule is CNC(=O)C1CCN(c2nnc(C(C)N)o2)CC1. The van der Waals surface area contributed by atoms with Crippen molar-refractivity contribution in [3.05, 3.63) is 5.89 Å². The van der Waals surface area contributed by atoms with Crippen LogP contribution < -0.4 is 16.0 Å². The maximum absolute atomic E-state index is 11.5.